The van der Waals surface area contributed by atoms with E-state index in [1.165, 1.54) is 0 Å². The molecule has 0 aliphatic carbocycles. The first-order valence-corrected chi connectivity index (χ1v) is 8.11. The lowest BCUT2D eigenvalue weighted by atomic mass is 9.97. The molecule has 3 aliphatic rings. The molecule has 0 spiro atoms. The van der Waals surface area contributed by atoms with E-state index in [1.807, 2.05) is 18.2 Å². The van der Waals surface area contributed by atoms with Crippen molar-refractivity contribution in [3.8, 4) is 0 Å². The van der Waals surface area contributed by atoms with Crippen LogP contribution in [0.1, 0.15) is 24.3 Å². The molecule has 7 heteroatoms. The minimum absolute atomic E-state index is 0. The Bertz CT molecular complexity index is 590. The number of nitrogens with zero attached hydrogens (tertiary/aromatic N) is 1. The summed E-state index contributed by atoms with van der Waals surface area (Å²) in [6, 6.07) is 8.86. The highest BCUT2D eigenvalue weighted by Crippen LogP contribution is 2.52. The van der Waals surface area contributed by atoms with Crippen LogP contribution in [0.2, 0.25) is 0 Å². The quantitative estimate of drug-likeness (QED) is 0.273. The standard InChI is InChI=1S/C17H21NO5.BrH/c1-18(21)13-7-11(8-14(18)16-15(13)23-16)22-17(20)12(9-19)10-5-3-2-4-6-10;/h2-6,11-16,19H,7-9H2,1H3;1H/p-1/t11?,12-,13-,14+,15-,16+,18?;/m1./s1. The first kappa shape index (κ1) is 17.8. The van der Waals surface area contributed by atoms with Crippen molar-refractivity contribution in [2.24, 2.45) is 0 Å². The van der Waals surface area contributed by atoms with Crippen molar-refractivity contribution in [1.29, 1.82) is 0 Å². The van der Waals surface area contributed by atoms with Gasteiger partial charge in [0.2, 0.25) is 0 Å². The lowest BCUT2D eigenvalue weighted by molar-refractivity contribution is -0.911. The number of morpholine rings is 1. The number of aliphatic hydroxyl groups excluding tert-OH is 1. The number of esters is 1. The first-order chi connectivity index (χ1) is 11.0. The number of halogens is 1. The molecular formula is C17H21BrNO5-. The Morgan fingerprint density at radius 3 is 2.46 bits per heavy atom. The minimum atomic E-state index is -0.672. The molecule has 2 unspecified atom stereocenters. The third-order valence-corrected chi connectivity index (χ3v) is 5.60. The molecule has 3 heterocycles. The molecule has 1 aromatic rings. The Balaban J connectivity index is 0.00000169. The van der Waals surface area contributed by atoms with Crippen molar-refractivity contribution in [3.63, 3.8) is 0 Å². The van der Waals surface area contributed by atoms with E-state index in [2.05, 4.69) is 0 Å². The largest absolute Gasteiger partial charge is 1.00 e. The minimum Gasteiger partial charge on any atom is -1.00 e. The van der Waals surface area contributed by atoms with Crippen LogP contribution in [0.25, 0.3) is 0 Å². The van der Waals surface area contributed by atoms with Crippen LogP contribution in [0.15, 0.2) is 30.3 Å². The summed E-state index contributed by atoms with van der Waals surface area (Å²) in [7, 11) is 1.70. The molecule has 4 rings (SSSR count). The predicted molar refractivity (Wildman–Crippen MR) is 81.2 cm³/mol. The van der Waals surface area contributed by atoms with Gasteiger partial charge in [-0.3, -0.25) is 4.79 Å². The summed E-state index contributed by atoms with van der Waals surface area (Å²) >= 11 is 0. The molecule has 2 bridgehead atoms. The molecule has 0 aromatic heterocycles. The molecular weight excluding hydrogens is 378 g/mol. The van der Waals surface area contributed by atoms with E-state index in [-0.39, 0.29) is 58.6 Å². The number of benzene rings is 1. The van der Waals surface area contributed by atoms with Gasteiger partial charge in [0.1, 0.15) is 36.3 Å². The fourth-order valence-corrected chi connectivity index (χ4v) is 4.25. The van der Waals surface area contributed by atoms with Gasteiger partial charge in [-0.25, -0.2) is 0 Å². The van der Waals surface area contributed by atoms with Crippen molar-refractivity contribution in [1.82, 2.24) is 0 Å². The van der Waals surface area contributed by atoms with E-state index in [1.54, 1.807) is 19.2 Å². The first-order valence-electron chi connectivity index (χ1n) is 8.11. The Morgan fingerprint density at radius 2 is 1.92 bits per heavy atom. The topological polar surface area (TPSA) is 82.1 Å². The van der Waals surface area contributed by atoms with Crippen LogP contribution in [0.4, 0.5) is 0 Å². The van der Waals surface area contributed by atoms with Gasteiger partial charge in [0.15, 0.2) is 0 Å². The zero-order chi connectivity index (χ0) is 16.2. The third kappa shape index (κ3) is 2.78. The second-order valence-electron chi connectivity index (χ2n) is 6.94. The number of carbonyl (C=O) groups excluding carboxylic acids is 1. The molecule has 0 radical (unpaired) electrons. The maximum Gasteiger partial charge on any atom is 0.316 e. The lowest BCUT2D eigenvalue weighted by Crippen LogP contribution is -3.00. The summed E-state index contributed by atoms with van der Waals surface area (Å²) in [4.78, 5) is 12.4. The number of hydrogen-bond donors (Lipinski definition) is 1. The summed E-state index contributed by atoms with van der Waals surface area (Å²) in [6.07, 6.45) is 0.891. The Kier molecular flexibility index (Phi) is 4.74. The molecule has 132 valence electrons. The molecule has 3 fully saturated rings. The van der Waals surface area contributed by atoms with Crippen LogP contribution in [0.3, 0.4) is 0 Å². The molecule has 1 N–H and O–H groups in total. The van der Waals surface area contributed by atoms with Gasteiger partial charge in [-0.15, -0.1) is 0 Å². The van der Waals surface area contributed by atoms with Gasteiger partial charge in [-0.05, 0) is 5.56 Å². The van der Waals surface area contributed by atoms with Crippen LogP contribution >= 0.6 is 0 Å². The normalized spacial score (nSPS) is 40.2. The Labute approximate surface area is 151 Å². The number of rotatable bonds is 4. The van der Waals surface area contributed by atoms with Gasteiger partial charge >= 0.3 is 5.97 Å². The number of quaternary nitrogens is 1. The van der Waals surface area contributed by atoms with E-state index < -0.39 is 11.9 Å². The Hall–Kier alpha value is -0.990. The zero-order valence-corrected chi connectivity index (χ0v) is 15.0. The van der Waals surface area contributed by atoms with Crippen LogP contribution in [0.5, 0.6) is 0 Å². The van der Waals surface area contributed by atoms with Crippen LogP contribution in [-0.4, -0.2) is 59.8 Å². The second kappa shape index (κ2) is 6.38. The van der Waals surface area contributed by atoms with E-state index in [4.69, 9.17) is 9.47 Å². The summed E-state index contributed by atoms with van der Waals surface area (Å²) in [5.41, 5.74) is 0.745. The molecule has 24 heavy (non-hydrogen) atoms. The number of hydrogen-bond acceptors (Lipinski definition) is 5. The molecule has 0 saturated carbocycles. The van der Waals surface area contributed by atoms with Crippen molar-refractivity contribution in [3.05, 3.63) is 41.1 Å². The number of hydroxylamine groups is 3. The van der Waals surface area contributed by atoms with Crippen LogP contribution in [-0.2, 0) is 14.3 Å². The van der Waals surface area contributed by atoms with E-state index in [0.717, 1.165) is 5.56 Å². The van der Waals surface area contributed by atoms with E-state index in [0.29, 0.717) is 12.8 Å². The number of aliphatic hydroxyl groups is 1. The summed E-state index contributed by atoms with van der Waals surface area (Å²) < 4.78 is 10.9. The second-order valence-corrected chi connectivity index (χ2v) is 6.94. The zero-order valence-electron chi connectivity index (χ0n) is 13.4. The van der Waals surface area contributed by atoms with Gasteiger partial charge in [-0.1, -0.05) is 30.3 Å². The summed E-state index contributed by atoms with van der Waals surface area (Å²) in [6.45, 7) is -0.286. The van der Waals surface area contributed by atoms with Gasteiger partial charge in [0.05, 0.1) is 13.7 Å². The number of fused-ring (bicyclic) bond motifs is 5. The van der Waals surface area contributed by atoms with Gasteiger partial charge < -0.3 is 41.4 Å². The average Bonchev–Trinajstić information content (AvgIpc) is 3.27. The summed E-state index contributed by atoms with van der Waals surface area (Å²) in [5.74, 6) is -1.09. The molecule has 3 aliphatic heterocycles. The molecule has 0 amide bonds. The molecule has 1 aromatic carbocycles. The Morgan fingerprint density at radius 1 is 1.33 bits per heavy atom. The molecule has 6 nitrogen and oxygen atoms in total. The molecule has 7 atom stereocenters. The fraction of sp³-hybridized carbons (Fsp3) is 0.588. The van der Waals surface area contributed by atoms with Crippen LogP contribution < -0.4 is 17.0 Å². The molecule has 3 saturated heterocycles. The van der Waals surface area contributed by atoms with E-state index >= 15 is 0 Å². The SMILES string of the molecule is C[N+]1([O-])[C@@H]2CC(OC(=O)[C@H](CO)c3ccccc3)C[C@H]1[C@@H]1O[C@@H]12.[Br-]. The van der Waals surface area contributed by atoms with Crippen molar-refractivity contribution in [2.45, 2.75) is 49.2 Å². The predicted octanol–water partition coefficient (Wildman–Crippen LogP) is -2.07. The van der Waals surface area contributed by atoms with Crippen molar-refractivity contribution in [2.75, 3.05) is 13.7 Å². The van der Waals surface area contributed by atoms with Crippen LogP contribution in [0, 0.1) is 5.21 Å². The van der Waals surface area contributed by atoms with Crippen molar-refractivity contribution >= 4 is 5.97 Å². The maximum absolute atomic E-state index is 12.6. The summed E-state index contributed by atoms with van der Waals surface area (Å²) in [5, 5.41) is 22.2. The number of likely N-dealkylation sites (N-methyl/N-ethyl adjacent to an activating group) is 1. The van der Waals surface area contributed by atoms with Gasteiger partial charge in [0, 0.05) is 12.8 Å². The number of ether oxygens (including phenoxy) is 2. The fourth-order valence-electron chi connectivity index (χ4n) is 4.25. The average molecular weight is 399 g/mol. The number of piperidine rings is 1. The third-order valence-electron chi connectivity index (χ3n) is 5.60. The number of epoxide rings is 1. The van der Waals surface area contributed by atoms with Gasteiger partial charge in [-0.2, -0.15) is 0 Å². The smallest absolute Gasteiger partial charge is 0.316 e. The van der Waals surface area contributed by atoms with E-state index in [9.17, 15) is 15.1 Å². The van der Waals surface area contributed by atoms with Crippen molar-refractivity contribution < 1.29 is 41.0 Å². The lowest BCUT2D eigenvalue weighted by Gasteiger charge is -2.51. The highest BCUT2D eigenvalue weighted by atomic mass is 79.9. The van der Waals surface area contributed by atoms with Gasteiger partial charge in [0.25, 0.3) is 0 Å². The highest BCUT2D eigenvalue weighted by molar-refractivity contribution is 5.78. The maximum atomic E-state index is 12.6. The monoisotopic (exact) mass is 398 g/mol. The number of carbonyl (C=O) groups is 1. The highest BCUT2D eigenvalue weighted by Gasteiger charge is 2.69.